The second-order valence-electron chi connectivity index (χ2n) is 11.6. The van der Waals surface area contributed by atoms with Gasteiger partial charge in [-0.05, 0) is 56.8 Å². The summed E-state index contributed by atoms with van der Waals surface area (Å²) in [7, 11) is 0. The van der Waals surface area contributed by atoms with Gasteiger partial charge >= 0.3 is 18.1 Å². The fourth-order valence-electron chi connectivity index (χ4n) is 8.06. The van der Waals surface area contributed by atoms with Crippen molar-refractivity contribution in [3.8, 4) is 0 Å². The Labute approximate surface area is 228 Å². The summed E-state index contributed by atoms with van der Waals surface area (Å²) < 4.78 is 74.3. The van der Waals surface area contributed by atoms with Crippen LogP contribution in [0.5, 0.6) is 0 Å². The molecule has 12 heteroatoms. The van der Waals surface area contributed by atoms with Crippen molar-refractivity contribution < 1.29 is 51.0 Å². The topological polar surface area (TPSA) is 96.0 Å². The van der Waals surface area contributed by atoms with Crippen LogP contribution in [0.25, 0.3) is 0 Å². The van der Waals surface area contributed by atoms with Crippen molar-refractivity contribution >= 4 is 35.3 Å². The lowest BCUT2D eigenvalue weighted by molar-refractivity contribution is -0.256. The number of rotatable bonds is 7. The summed E-state index contributed by atoms with van der Waals surface area (Å²) in [6.45, 7) is 3.84. The molecule has 0 saturated heterocycles. The summed E-state index contributed by atoms with van der Waals surface area (Å²) >= 11 is 1.29. The molecule has 39 heavy (non-hydrogen) atoms. The van der Waals surface area contributed by atoms with Crippen LogP contribution in [0.15, 0.2) is 11.6 Å². The van der Waals surface area contributed by atoms with E-state index in [-0.39, 0.29) is 37.4 Å². The highest BCUT2D eigenvalue weighted by molar-refractivity contribution is 7.98. The van der Waals surface area contributed by atoms with Gasteiger partial charge in [0.1, 0.15) is 11.7 Å². The van der Waals surface area contributed by atoms with E-state index < -0.39 is 77.0 Å². The number of carbonyl (C=O) groups excluding carboxylic acids is 4. The van der Waals surface area contributed by atoms with Gasteiger partial charge in [-0.15, -0.1) is 11.8 Å². The Morgan fingerprint density at radius 1 is 1.10 bits per heavy atom. The van der Waals surface area contributed by atoms with Crippen LogP contribution in [0.1, 0.15) is 65.7 Å². The van der Waals surface area contributed by atoms with Crippen LogP contribution >= 0.6 is 11.8 Å². The van der Waals surface area contributed by atoms with Gasteiger partial charge in [0, 0.05) is 30.1 Å². The third kappa shape index (κ3) is 4.53. The number of hydrogen-bond donors (Lipinski definition) is 0. The molecule has 3 fully saturated rings. The van der Waals surface area contributed by atoms with Crippen LogP contribution < -0.4 is 0 Å². The second kappa shape index (κ2) is 10.2. The molecule has 218 valence electrons. The van der Waals surface area contributed by atoms with Gasteiger partial charge in [-0.25, -0.2) is 9.18 Å². The number of allylic oxidation sites excluding steroid dienone is 1. The molecule has 4 rings (SSSR count). The minimum Gasteiger partial charge on any atom is -0.458 e. The zero-order valence-electron chi connectivity index (χ0n) is 22.5. The third-order valence-electron chi connectivity index (χ3n) is 9.90. The van der Waals surface area contributed by atoms with Crippen LogP contribution in [0.4, 0.5) is 17.6 Å². The van der Waals surface area contributed by atoms with Gasteiger partial charge in [0.15, 0.2) is 18.1 Å². The lowest BCUT2D eigenvalue weighted by Gasteiger charge is -2.64. The standard InChI is InChI=1S/C27H34F4O7S/c1-15(32)36-13-20(34)25(37-14-39-4)10-8-18-19-6-5-16-11-17(33)7-9-23(16,2)26(19,28)21(12-24(18,25)3)38-22(35)27(29,30)31/h11,18-19,21H,5-10,12-14H2,1-4H3/t18-,19-,21-,23-,24-,25-,26-/m0/s1. The summed E-state index contributed by atoms with van der Waals surface area (Å²) in [4.78, 5) is 49.5. The molecule has 0 radical (unpaired) electrons. The number of ether oxygens (including phenoxy) is 3. The van der Waals surface area contributed by atoms with Crippen molar-refractivity contribution in [2.75, 3.05) is 18.8 Å². The van der Waals surface area contributed by atoms with E-state index in [0.717, 1.165) is 6.92 Å². The van der Waals surface area contributed by atoms with Crippen LogP contribution in [0, 0.1) is 22.7 Å². The molecule has 4 aliphatic carbocycles. The number of esters is 2. The maximum atomic E-state index is 17.8. The third-order valence-corrected chi connectivity index (χ3v) is 10.3. The van der Waals surface area contributed by atoms with Crippen molar-refractivity contribution in [3.63, 3.8) is 0 Å². The monoisotopic (exact) mass is 578 g/mol. The zero-order chi connectivity index (χ0) is 29.0. The number of alkyl halides is 4. The number of halogens is 4. The van der Waals surface area contributed by atoms with Crippen LogP contribution in [-0.4, -0.2) is 65.9 Å². The molecule has 3 saturated carbocycles. The Morgan fingerprint density at radius 2 is 1.79 bits per heavy atom. The van der Waals surface area contributed by atoms with Crippen molar-refractivity contribution in [1.29, 1.82) is 0 Å². The predicted octanol–water partition coefficient (Wildman–Crippen LogP) is 4.90. The summed E-state index contributed by atoms with van der Waals surface area (Å²) in [5.41, 5.74) is -6.02. The molecule has 0 aromatic carbocycles. The summed E-state index contributed by atoms with van der Waals surface area (Å²) in [5.74, 6) is -5.21. The number of thioether (sulfide) groups is 1. The highest BCUT2D eigenvalue weighted by Crippen LogP contribution is 2.71. The van der Waals surface area contributed by atoms with E-state index in [1.165, 1.54) is 17.8 Å². The molecule has 7 nitrogen and oxygen atoms in total. The number of hydrogen-bond acceptors (Lipinski definition) is 8. The van der Waals surface area contributed by atoms with E-state index in [1.54, 1.807) is 20.1 Å². The van der Waals surface area contributed by atoms with E-state index in [2.05, 4.69) is 0 Å². The Bertz CT molecular complexity index is 1090. The molecule has 0 heterocycles. The van der Waals surface area contributed by atoms with Crippen LogP contribution in [0.3, 0.4) is 0 Å². The molecule has 0 bridgehead atoms. The average molecular weight is 579 g/mol. The molecule has 0 unspecified atom stereocenters. The van der Waals surface area contributed by atoms with E-state index in [1.807, 2.05) is 0 Å². The van der Waals surface area contributed by atoms with Crippen LogP contribution in [-0.2, 0) is 33.4 Å². The van der Waals surface area contributed by atoms with Gasteiger partial charge in [0.05, 0.1) is 5.94 Å². The molecule has 0 aromatic heterocycles. The molecule has 7 atom stereocenters. The first-order valence-corrected chi connectivity index (χ1v) is 14.5. The fourth-order valence-corrected chi connectivity index (χ4v) is 8.38. The van der Waals surface area contributed by atoms with Crippen molar-refractivity contribution in [3.05, 3.63) is 11.6 Å². The second-order valence-corrected chi connectivity index (χ2v) is 12.4. The minimum atomic E-state index is -5.35. The summed E-state index contributed by atoms with van der Waals surface area (Å²) in [6.07, 6.45) is -3.28. The maximum Gasteiger partial charge on any atom is 0.490 e. The molecule has 0 N–H and O–H groups in total. The van der Waals surface area contributed by atoms with Gasteiger partial charge in [0.2, 0.25) is 5.78 Å². The minimum absolute atomic E-state index is 0.0297. The lowest BCUT2D eigenvalue weighted by atomic mass is 9.43. The maximum absolute atomic E-state index is 17.8. The molecule has 0 spiro atoms. The number of carbonyl (C=O) groups is 4. The van der Waals surface area contributed by atoms with Crippen LogP contribution in [0.2, 0.25) is 0 Å². The first-order valence-electron chi connectivity index (χ1n) is 13.1. The fraction of sp³-hybridized carbons (Fsp3) is 0.778. The quantitative estimate of drug-likeness (QED) is 0.239. The van der Waals surface area contributed by atoms with E-state index in [9.17, 15) is 32.3 Å². The SMILES string of the molecule is CSCO[C@]1(C(=O)COC(C)=O)CC[C@H]2[C@@H]3CCC4=CC(=O)CC[C@]4(C)[C@@]3(F)[C@@H](OC(=O)C(F)(F)F)C[C@@]21C. The molecule has 4 aliphatic rings. The Hall–Kier alpha value is -1.95. The van der Waals surface area contributed by atoms with Gasteiger partial charge in [0.25, 0.3) is 0 Å². The largest absolute Gasteiger partial charge is 0.490 e. The Kier molecular flexibility index (Phi) is 7.81. The molecule has 0 aliphatic heterocycles. The van der Waals surface area contributed by atoms with Gasteiger partial charge < -0.3 is 14.2 Å². The van der Waals surface area contributed by atoms with Gasteiger partial charge in [-0.3, -0.25) is 14.4 Å². The number of Topliss-reactive ketones (excluding diaryl/α,β-unsaturated/α-hetero) is 1. The molecular weight excluding hydrogens is 544 g/mol. The predicted molar refractivity (Wildman–Crippen MR) is 132 cm³/mol. The zero-order valence-corrected chi connectivity index (χ0v) is 23.3. The highest BCUT2D eigenvalue weighted by atomic mass is 32.2. The highest BCUT2D eigenvalue weighted by Gasteiger charge is 2.76. The molecular formula is C27H34F4O7S. The van der Waals surface area contributed by atoms with Crippen molar-refractivity contribution in [2.24, 2.45) is 22.7 Å². The van der Waals surface area contributed by atoms with Crippen molar-refractivity contribution in [2.45, 2.75) is 89.3 Å². The Morgan fingerprint density at radius 3 is 2.41 bits per heavy atom. The number of ketones is 2. The van der Waals surface area contributed by atoms with Gasteiger partial charge in [-0.1, -0.05) is 19.4 Å². The first-order chi connectivity index (χ1) is 18.1. The number of fused-ring (bicyclic) bond motifs is 5. The van der Waals surface area contributed by atoms with E-state index >= 15 is 4.39 Å². The first kappa shape index (κ1) is 30.0. The Balaban J connectivity index is 1.85. The average Bonchev–Trinajstić information content (AvgIpc) is 3.14. The van der Waals surface area contributed by atoms with Gasteiger partial charge in [-0.2, -0.15) is 13.2 Å². The molecule has 0 amide bonds. The van der Waals surface area contributed by atoms with E-state index in [4.69, 9.17) is 14.2 Å². The summed E-state index contributed by atoms with van der Waals surface area (Å²) in [5, 5.41) is 0. The molecule has 0 aromatic rings. The van der Waals surface area contributed by atoms with Crippen molar-refractivity contribution in [1.82, 2.24) is 0 Å². The lowest BCUT2D eigenvalue weighted by Crippen LogP contribution is -2.70. The normalized spacial score (nSPS) is 39.6. The van der Waals surface area contributed by atoms with E-state index in [0.29, 0.717) is 18.4 Å². The summed E-state index contributed by atoms with van der Waals surface area (Å²) in [6, 6.07) is 0. The smallest absolute Gasteiger partial charge is 0.458 e.